The molecule has 1 aliphatic rings. The van der Waals surface area contributed by atoms with Crippen molar-refractivity contribution >= 4 is 17.2 Å². The number of nitrogens with zero attached hydrogens (tertiary/aromatic N) is 3. The van der Waals surface area contributed by atoms with Gasteiger partial charge in [-0.25, -0.2) is 0 Å². The van der Waals surface area contributed by atoms with Crippen molar-refractivity contribution in [3.8, 4) is 10.6 Å². The van der Waals surface area contributed by atoms with E-state index in [9.17, 15) is 4.79 Å². The van der Waals surface area contributed by atoms with Gasteiger partial charge >= 0.3 is 0 Å². The first-order valence-corrected chi connectivity index (χ1v) is 8.73. The molecule has 0 saturated heterocycles. The molecule has 6 nitrogen and oxygen atoms in total. The molecule has 0 spiro atoms. The summed E-state index contributed by atoms with van der Waals surface area (Å²) >= 11 is 1.28. The molecule has 122 valence electrons. The minimum absolute atomic E-state index is 0.226. The van der Waals surface area contributed by atoms with Crippen LogP contribution in [-0.2, 0) is 6.54 Å². The van der Waals surface area contributed by atoms with E-state index < -0.39 is 0 Å². The van der Waals surface area contributed by atoms with Crippen molar-refractivity contribution in [1.29, 1.82) is 0 Å². The number of hydrogen-bond donors (Lipinski definition) is 1. The van der Waals surface area contributed by atoms with Crippen molar-refractivity contribution in [2.75, 3.05) is 0 Å². The maximum atomic E-state index is 12.3. The largest absolute Gasteiger partial charge is 0.364 e. The number of aromatic nitrogens is 3. The van der Waals surface area contributed by atoms with E-state index in [2.05, 4.69) is 20.7 Å². The average Bonchev–Trinajstić information content (AvgIpc) is 3.22. The summed E-state index contributed by atoms with van der Waals surface area (Å²) in [6.45, 7) is 0.397. The van der Waals surface area contributed by atoms with Gasteiger partial charge in [0.05, 0.1) is 5.69 Å². The summed E-state index contributed by atoms with van der Waals surface area (Å²) in [5.74, 6) is 0.248. The van der Waals surface area contributed by atoms with Crippen molar-refractivity contribution in [2.24, 2.45) is 0 Å². The first-order valence-electron chi connectivity index (χ1n) is 7.91. The lowest BCUT2D eigenvalue weighted by atomic mass is 9.81. The van der Waals surface area contributed by atoms with Gasteiger partial charge in [-0.05, 0) is 12.8 Å². The molecule has 0 atom stereocenters. The Bertz CT molecular complexity index is 839. The van der Waals surface area contributed by atoms with Crippen LogP contribution in [0.15, 0.2) is 41.1 Å². The Kier molecular flexibility index (Phi) is 4.08. The fraction of sp³-hybridized carbons (Fsp3) is 0.294. The van der Waals surface area contributed by atoms with Crippen LogP contribution in [0.1, 0.15) is 46.2 Å². The monoisotopic (exact) mass is 340 g/mol. The lowest BCUT2D eigenvalue weighted by Crippen LogP contribution is -2.23. The van der Waals surface area contributed by atoms with Gasteiger partial charge in [-0.2, -0.15) is 0 Å². The van der Waals surface area contributed by atoms with Gasteiger partial charge in [-0.1, -0.05) is 53.2 Å². The van der Waals surface area contributed by atoms with Crippen molar-refractivity contribution in [3.63, 3.8) is 0 Å². The number of rotatable bonds is 5. The standard InChI is InChI=1S/C17H16N4O2S/c22-15(17-20-19-16(24-17)12-5-2-1-3-6-12)18-9-13-10-23-21-14(13)11-7-4-8-11/h1-3,5-6,10-11H,4,7-9H2,(H,18,22). The normalized spacial score (nSPS) is 14.3. The predicted molar refractivity (Wildman–Crippen MR) is 89.6 cm³/mol. The van der Waals surface area contributed by atoms with E-state index in [1.54, 1.807) is 6.26 Å². The summed E-state index contributed by atoms with van der Waals surface area (Å²) in [6.07, 6.45) is 5.13. The van der Waals surface area contributed by atoms with E-state index in [1.807, 2.05) is 30.3 Å². The van der Waals surface area contributed by atoms with Crippen LogP contribution in [0.4, 0.5) is 0 Å². The van der Waals surface area contributed by atoms with E-state index in [4.69, 9.17) is 4.52 Å². The molecule has 24 heavy (non-hydrogen) atoms. The SMILES string of the molecule is O=C(NCc1conc1C1CCC1)c1nnc(-c2ccccc2)s1. The molecule has 1 aromatic carbocycles. The number of benzene rings is 1. The molecular formula is C17H16N4O2S. The molecule has 1 N–H and O–H groups in total. The zero-order valence-electron chi connectivity index (χ0n) is 12.9. The molecular weight excluding hydrogens is 324 g/mol. The van der Waals surface area contributed by atoms with Crippen molar-refractivity contribution in [3.05, 3.63) is 52.9 Å². The van der Waals surface area contributed by atoms with Gasteiger partial charge in [0.25, 0.3) is 5.91 Å². The van der Waals surface area contributed by atoms with Crippen LogP contribution in [0.2, 0.25) is 0 Å². The van der Waals surface area contributed by atoms with E-state index in [-0.39, 0.29) is 5.91 Å². The number of hydrogen-bond acceptors (Lipinski definition) is 6. The topological polar surface area (TPSA) is 80.9 Å². The lowest BCUT2D eigenvalue weighted by Gasteiger charge is -2.23. The van der Waals surface area contributed by atoms with E-state index in [0.717, 1.165) is 34.7 Å². The van der Waals surface area contributed by atoms with E-state index in [0.29, 0.717) is 17.5 Å². The van der Waals surface area contributed by atoms with Gasteiger partial charge in [0.15, 0.2) is 0 Å². The molecule has 1 fully saturated rings. The summed E-state index contributed by atoms with van der Waals surface area (Å²) < 4.78 is 5.08. The molecule has 0 aliphatic heterocycles. The molecule has 3 aromatic rings. The van der Waals surface area contributed by atoms with Gasteiger partial charge in [0.2, 0.25) is 5.01 Å². The summed E-state index contributed by atoms with van der Waals surface area (Å²) in [6, 6.07) is 9.71. The Morgan fingerprint density at radius 2 is 2.08 bits per heavy atom. The van der Waals surface area contributed by atoms with Gasteiger partial charge in [-0.15, -0.1) is 10.2 Å². The first kappa shape index (κ1) is 15.0. The van der Waals surface area contributed by atoms with Crippen LogP contribution < -0.4 is 5.32 Å². The van der Waals surface area contributed by atoms with Crippen molar-refractivity contribution in [1.82, 2.24) is 20.7 Å². The molecule has 0 bridgehead atoms. The molecule has 4 rings (SSSR count). The minimum atomic E-state index is -0.226. The lowest BCUT2D eigenvalue weighted by molar-refractivity contribution is 0.0949. The zero-order valence-corrected chi connectivity index (χ0v) is 13.8. The van der Waals surface area contributed by atoms with Gasteiger partial charge < -0.3 is 9.84 Å². The smallest absolute Gasteiger partial charge is 0.282 e. The van der Waals surface area contributed by atoms with Crippen LogP contribution >= 0.6 is 11.3 Å². The number of carbonyl (C=O) groups excluding carboxylic acids is 1. The van der Waals surface area contributed by atoms with Crippen LogP contribution in [0.25, 0.3) is 10.6 Å². The average molecular weight is 340 g/mol. The molecule has 2 aromatic heterocycles. The maximum Gasteiger partial charge on any atom is 0.282 e. The zero-order chi connectivity index (χ0) is 16.4. The Labute approximate surface area is 142 Å². The molecule has 1 saturated carbocycles. The molecule has 1 amide bonds. The van der Waals surface area contributed by atoms with Gasteiger partial charge in [0.1, 0.15) is 11.3 Å². The first-order chi connectivity index (χ1) is 11.8. The summed E-state index contributed by atoms with van der Waals surface area (Å²) in [5, 5.41) is 16.1. The Morgan fingerprint density at radius 3 is 2.83 bits per heavy atom. The highest BCUT2D eigenvalue weighted by atomic mass is 32.1. The molecule has 1 aliphatic carbocycles. The Morgan fingerprint density at radius 1 is 1.25 bits per heavy atom. The highest BCUT2D eigenvalue weighted by Gasteiger charge is 2.25. The van der Waals surface area contributed by atoms with Crippen molar-refractivity contribution < 1.29 is 9.32 Å². The third-order valence-electron chi connectivity index (χ3n) is 4.25. The second-order valence-electron chi connectivity index (χ2n) is 5.81. The fourth-order valence-corrected chi connectivity index (χ4v) is 3.45. The fourth-order valence-electron chi connectivity index (χ4n) is 2.68. The predicted octanol–water partition coefficient (Wildman–Crippen LogP) is 3.39. The Hall–Kier alpha value is -2.54. The quantitative estimate of drug-likeness (QED) is 0.770. The third kappa shape index (κ3) is 2.94. The summed E-state index contributed by atoms with van der Waals surface area (Å²) in [7, 11) is 0. The summed E-state index contributed by atoms with van der Waals surface area (Å²) in [4.78, 5) is 12.3. The maximum absolute atomic E-state index is 12.3. The van der Waals surface area contributed by atoms with Gasteiger partial charge in [-0.3, -0.25) is 4.79 Å². The van der Waals surface area contributed by atoms with Crippen LogP contribution in [0, 0.1) is 0 Å². The van der Waals surface area contributed by atoms with E-state index in [1.165, 1.54) is 17.8 Å². The second kappa shape index (κ2) is 6.52. The van der Waals surface area contributed by atoms with Crippen LogP contribution in [-0.4, -0.2) is 21.3 Å². The number of amides is 1. The summed E-state index contributed by atoms with van der Waals surface area (Å²) in [5.41, 5.74) is 2.88. The number of carbonyl (C=O) groups is 1. The van der Waals surface area contributed by atoms with Gasteiger partial charge in [0, 0.05) is 23.6 Å². The highest BCUT2D eigenvalue weighted by Crippen LogP contribution is 2.37. The molecule has 7 heteroatoms. The second-order valence-corrected chi connectivity index (χ2v) is 6.79. The molecule has 0 unspecified atom stereocenters. The number of nitrogens with one attached hydrogen (secondary N) is 1. The van der Waals surface area contributed by atoms with Crippen LogP contribution in [0.5, 0.6) is 0 Å². The minimum Gasteiger partial charge on any atom is -0.364 e. The van der Waals surface area contributed by atoms with Crippen LogP contribution in [0.3, 0.4) is 0 Å². The highest BCUT2D eigenvalue weighted by molar-refractivity contribution is 7.16. The van der Waals surface area contributed by atoms with Crippen molar-refractivity contribution in [2.45, 2.75) is 31.7 Å². The Balaban J connectivity index is 1.42. The molecule has 0 radical (unpaired) electrons. The molecule has 2 heterocycles. The van der Waals surface area contributed by atoms with E-state index >= 15 is 0 Å². The third-order valence-corrected chi connectivity index (χ3v) is 5.22.